The van der Waals surface area contributed by atoms with E-state index in [-0.39, 0.29) is 17.4 Å². The summed E-state index contributed by atoms with van der Waals surface area (Å²) >= 11 is 2.14. The Balaban J connectivity index is 2.27. The fraction of sp³-hybridized carbons (Fsp3) is 0.280. The first-order valence-electron chi connectivity index (χ1n) is 10.2. The highest BCUT2D eigenvalue weighted by atomic mass is 127. The monoisotopic (exact) mass is 534 g/mol. The molecule has 31 heavy (non-hydrogen) atoms. The molecule has 0 aliphatic heterocycles. The van der Waals surface area contributed by atoms with Crippen LogP contribution in [0.25, 0.3) is 5.57 Å². The zero-order chi connectivity index (χ0) is 22.8. The minimum absolute atomic E-state index is 0.0665. The van der Waals surface area contributed by atoms with E-state index in [0.717, 1.165) is 29.5 Å². The predicted octanol–water partition coefficient (Wildman–Crippen LogP) is 5.63. The molecule has 0 fully saturated rings. The highest BCUT2D eigenvalue weighted by molar-refractivity contribution is 14.1. The van der Waals surface area contributed by atoms with Crippen molar-refractivity contribution in [2.45, 2.75) is 26.2 Å². The lowest BCUT2D eigenvalue weighted by Crippen LogP contribution is -2.33. The van der Waals surface area contributed by atoms with Gasteiger partial charge >= 0.3 is 0 Å². The average molecular weight is 534 g/mol. The molecule has 2 rings (SSSR count). The fourth-order valence-electron chi connectivity index (χ4n) is 3.36. The van der Waals surface area contributed by atoms with Gasteiger partial charge in [0.25, 0.3) is 11.8 Å². The lowest BCUT2D eigenvalue weighted by atomic mass is 9.94. The zero-order valence-corrected chi connectivity index (χ0v) is 20.1. The maximum absolute atomic E-state index is 14.5. The first kappa shape index (κ1) is 24.8. The highest BCUT2D eigenvalue weighted by Gasteiger charge is 2.19. The third-order valence-electron chi connectivity index (χ3n) is 4.89. The van der Waals surface area contributed by atoms with Crippen LogP contribution in [0.15, 0.2) is 59.2 Å². The molecule has 0 atom stereocenters. The molecule has 0 saturated heterocycles. The summed E-state index contributed by atoms with van der Waals surface area (Å²) in [6, 6.07) is 11.8. The van der Waals surface area contributed by atoms with Crippen molar-refractivity contribution in [1.82, 2.24) is 10.2 Å². The number of benzene rings is 2. The number of carbonyl (C=O) groups excluding carboxylic acids is 2. The molecule has 2 aromatic carbocycles. The van der Waals surface area contributed by atoms with Gasteiger partial charge in [-0.25, -0.2) is 4.39 Å². The second kappa shape index (κ2) is 12.4. The van der Waals surface area contributed by atoms with Crippen molar-refractivity contribution in [3.05, 3.63) is 87.3 Å². The van der Waals surface area contributed by atoms with Crippen molar-refractivity contribution >= 4 is 40.0 Å². The van der Waals surface area contributed by atoms with Gasteiger partial charge in [-0.1, -0.05) is 66.4 Å². The first-order valence-corrected chi connectivity index (χ1v) is 11.5. The third-order valence-corrected chi connectivity index (χ3v) is 5.40. The van der Waals surface area contributed by atoms with Gasteiger partial charge in [0.15, 0.2) is 0 Å². The Morgan fingerprint density at radius 1 is 1.13 bits per heavy atom. The van der Waals surface area contributed by atoms with Gasteiger partial charge in [-0.2, -0.15) is 0 Å². The average Bonchev–Trinajstić information content (AvgIpc) is 2.78. The molecule has 1 N–H and O–H groups in total. The first-order chi connectivity index (χ1) is 14.9. The lowest BCUT2D eigenvalue weighted by Gasteiger charge is -2.22. The number of halogens is 2. The molecule has 0 heterocycles. The van der Waals surface area contributed by atoms with Crippen LogP contribution in [0.1, 0.15) is 51.6 Å². The van der Waals surface area contributed by atoms with Crippen molar-refractivity contribution in [1.29, 1.82) is 0 Å². The van der Waals surface area contributed by atoms with Crippen LogP contribution in [0, 0.1) is 5.82 Å². The van der Waals surface area contributed by atoms with Crippen LogP contribution in [-0.4, -0.2) is 36.9 Å². The molecule has 0 spiro atoms. The number of carbonyl (C=O) groups is 2. The molecular formula is C25H28FIN2O2. The minimum Gasteiger partial charge on any atom is -0.355 e. The van der Waals surface area contributed by atoms with Gasteiger partial charge in [-0.15, -0.1) is 0 Å². The summed E-state index contributed by atoms with van der Waals surface area (Å²) in [7, 11) is 1.58. The van der Waals surface area contributed by atoms with E-state index >= 15 is 0 Å². The maximum atomic E-state index is 14.5. The Bertz CT molecular complexity index is 972. The summed E-state index contributed by atoms with van der Waals surface area (Å²) in [5.74, 6) is -1.03. The Morgan fingerprint density at radius 3 is 2.48 bits per heavy atom. The van der Waals surface area contributed by atoms with Crippen LogP contribution < -0.4 is 5.32 Å². The molecule has 0 bridgehead atoms. The molecule has 2 amide bonds. The van der Waals surface area contributed by atoms with E-state index in [1.165, 1.54) is 6.07 Å². The number of hydrogen-bond donors (Lipinski definition) is 1. The van der Waals surface area contributed by atoms with Crippen molar-refractivity contribution < 1.29 is 14.0 Å². The molecule has 0 aromatic heterocycles. The summed E-state index contributed by atoms with van der Waals surface area (Å²) in [5, 5.41) is 2.63. The van der Waals surface area contributed by atoms with Crippen molar-refractivity contribution in [3.8, 4) is 0 Å². The fourth-order valence-corrected chi connectivity index (χ4v) is 3.72. The summed E-state index contributed by atoms with van der Waals surface area (Å²) in [4.78, 5) is 26.9. The normalized spacial score (nSPS) is 10.8. The van der Waals surface area contributed by atoms with Gasteiger partial charge < -0.3 is 10.2 Å². The van der Waals surface area contributed by atoms with Gasteiger partial charge in [-0.05, 0) is 58.2 Å². The van der Waals surface area contributed by atoms with E-state index in [1.54, 1.807) is 36.2 Å². The Labute approximate surface area is 197 Å². The highest BCUT2D eigenvalue weighted by Crippen LogP contribution is 2.23. The summed E-state index contributed by atoms with van der Waals surface area (Å²) in [6.45, 7) is 7.24. The number of rotatable bonds is 10. The topological polar surface area (TPSA) is 49.4 Å². The van der Waals surface area contributed by atoms with E-state index in [9.17, 15) is 14.0 Å². The quantitative estimate of drug-likeness (QED) is 0.402. The largest absolute Gasteiger partial charge is 0.355 e. The van der Waals surface area contributed by atoms with Crippen LogP contribution in [0.2, 0.25) is 0 Å². The molecule has 164 valence electrons. The lowest BCUT2D eigenvalue weighted by molar-refractivity contribution is 0.0753. The zero-order valence-electron chi connectivity index (χ0n) is 18.0. The molecule has 4 nitrogen and oxygen atoms in total. The smallest absolute Gasteiger partial charge is 0.256 e. The second-order valence-electron chi connectivity index (χ2n) is 7.16. The molecule has 0 saturated carbocycles. The number of amides is 2. The Morgan fingerprint density at radius 2 is 1.84 bits per heavy atom. The van der Waals surface area contributed by atoms with Crippen LogP contribution >= 0.6 is 22.6 Å². The summed E-state index contributed by atoms with van der Waals surface area (Å²) < 4.78 is 16.5. The third kappa shape index (κ3) is 6.75. The van der Waals surface area contributed by atoms with Gasteiger partial charge in [0.2, 0.25) is 0 Å². The minimum atomic E-state index is -0.532. The molecule has 2 aromatic rings. The molecule has 0 aliphatic rings. The van der Waals surface area contributed by atoms with Crippen LogP contribution in [0.5, 0.6) is 0 Å². The van der Waals surface area contributed by atoms with Crippen molar-refractivity contribution in [2.75, 3.05) is 20.1 Å². The molecule has 6 heteroatoms. The van der Waals surface area contributed by atoms with Crippen LogP contribution in [-0.2, 0) is 6.42 Å². The number of hydrogen-bond acceptors (Lipinski definition) is 2. The molecule has 0 aliphatic carbocycles. The van der Waals surface area contributed by atoms with Gasteiger partial charge in [-0.3, -0.25) is 9.59 Å². The van der Waals surface area contributed by atoms with Crippen molar-refractivity contribution in [3.63, 3.8) is 0 Å². The van der Waals surface area contributed by atoms with Gasteiger partial charge in [0.1, 0.15) is 5.82 Å². The summed E-state index contributed by atoms with van der Waals surface area (Å²) in [6.07, 6.45) is 3.91. The van der Waals surface area contributed by atoms with E-state index in [2.05, 4.69) is 34.5 Å². The van der Waals surface area contributed by atoms with E-state index in [4.69, 9.17) is 0 Å². The standard InChI is InChI=1S/C25H28FIN2O2/c1-4-14-29(15-8-7-13-27)25(31)22-17-19(11-12-23(22)26)16-18(2)20-9-5-6-10-21(20)24(30)28-3/h5-7,9-13,17H,2,4,8,14-16H2,1,3H3,(H,28,30)/b13-7-. The van der Waals surface area contributed by atoms with Crippen LogP contribution in [0.4, 0.5) is 4.39 Å². The van der Waals surface area contributed by atoms with Gasteiger partial charge in [0, 0.05) is 25.7 Å². The van der Waals surface area contributed by atoms with Gasteiger partial charge in [0.05, 0.1) is 5.56 Å². The van der Waals surface area contributed by atoms with E-state index in [1.807, 2.05) is 29.2 Å². The summed E-state index contributed by atoms with van der Waals surface area (Å²) in [5.41, 5.74) is 2.83. The number of nitrogens with zero attached hydrogens (tertiary/aromatic N) is 1. The van der Waals surface area contributed by atoms with Crippen LogP contribution in [0.3, 0.4) is 0 Å². The second-order valence-corrected chi connectivity index (χ2v) is 7.88. The number of allylic oxidation sites excluding steroid dienone is 1. The molecular weight excluding hydrogens is 506 g/mol. The van der Waals surface area contributed by atoms with Crippen molar-refractivity contribution in [2.24, 2.45) is 0 Å². The molecule has 0 radical (unpaired) electrons. The number of nitrogens with one attached hydrogen (secondary N) is 1. The SMILES string of the molecule is C=C(Cc1ccc(F)c(C(=O)N(CCC)CC/C=C\I)c1)c1ccccc1C(=O)NC. The van der Waals surface area contributed by atoms with E-state index < -0.39 is 5.82 Å². The predicted molar refractivity (Wildman–Crippen MR) is 133 cm³/mol. The Hall–Kier alpha value is -2.48. The molecule has 0 unspecified atom stereocenters. The van der Waals surface area contributed by atoms with E-state index in [0.29, 0.717) is 25.1 Å². The maximum Gasteiger partial charge on any atom is 0.256 e. The Kier molecular flexibility index (Phi) is 9.91.